The molecule has 2 atom stereocenters. The third-order valence-corrected chi connectivity index (χ3v) is 4.38. The molecule has 1 saturated carbocycles. The fraction of sp³-hybridized carbons (Fsp3) is 0.471. The number of para-hydroxylation sites is 1. The lowest BCUT2D eigenvalue weighted by atomic mass is 9.97. The van der Waals surface area contributed by atoms with Crippen LogP contribution < -0.4 is 10.5 Å². The fourth-order valence-corrected chi connectivity index (χ4v) is 3.23. The highest BCUT2D eigenvalue weighted by Crippen LogP contribution is 2.32. The summed E-state index contributed by atoms with van der Waals surface area (Å²) in [6.07, 6.45) is 3.77. The van der Waals surface area contributed by atoms with Gasteiger partial charge in [0.2, 0.25) is 0 Å². The largest absolute Gasteiger partial charge is 0.493 e. The summed E-state index contributed by atoms with van der Waals surface area (Å²) >= 11 is 0. The van der Waals surface area contributed by atoms with Crippen LogP contribution in [0, 0.1) is 18.8 Å². The second-order valence-electron chi connectivity index (χ2n) is 5.78. The molecule has 1 aromatic heterocycles. The van der Waals surface area contributed by atoms with E-state index in [-0.39, 0.29) is 0 Å². The van der Waals surface area contributed by atoms with Crippen LogP contribution in [-0.2, 0) is 0 Å². The maximum absolute atomic E-state index is 6.12. The Balaban J connectivity index is 1.80. The summed E-state index contributed by atoms with van der Waals surface area (Å²) in [6, 6.07) is 10.2. The van der Waals surface area contributed by atoms with Crippen molar-refractivity contribution in [3.05, 3.63) is 36.0 Å². The first kappa shape index (κ1) is 13.4. The van der Waals surface area contributed by atoms with Gasteiger partial charge in [-0.15, -0.1) is 0 Å². The molecule has 3 heteroatoms. The van der Waals surface area contributed by atoms with Crippen molar-refractivity contribution in [1.29, 1.82) is 0 Å². The Hall–Kier alpha value is -1.61. The summed E-state index contributed by atoms with van der Waals surface area (Å²) in [5, 5.41) is 1.10. The molecule has 3 rings (SSSR count). The lowest BCUT2D eigenvalue weighted by molar-refractivity contribution is 0.219. The highest BCUT2D eigenvalue weighted by atomic mass is 16.5. The number of aryl methyl sites for hydroxylation is 1. The molecule has 20 heavy (non-hydrogen) atoms. The van der Waals surface area contributed by atoms with Crippen LogP contribution in [0.1, 0.15) is 25.0 Å². The normalized spacial score (nSPS) is 22.3. The molecule has 2 N–H and O–H groups in total. The molecule has 0 radical (unpaired) electrons. The number of nitrogens with zero attached hydrogens (tertiary/aromatic N) is 1. The molecule has 1 fully saturated rings. The van der Waals surface area contributed by atoms with Crippen molar-refractivity contribution < 1.29 is 4.74 Å². The Bertz CT molecular complexity index is 597. The quantitative estimate of drug-likeness (QED) is 0.927. The number of rotatable bonds is 4. The van der Waals surface area contributed by atoms with Gasteiger partial charge in [-0.3, -0.25) is 4.98 Å². The molecule has 1 aliphatic rings. The summed E-state index contributed by atoms with van der Waals surface area (Å²) in [6.45, 7) is 3.57. The maximum Gasteiger partial charge on any atom is 0.130 e. The highest BCUT2D eigenvalue weighted by molar-refractivity contribution is 5.85. The third kappa shape index (κ3) is 2.63. The third-order valence-electron chi connectivity index (χ3n) is 4.38. The molecule has 0 spiro atoms. The van der Waals surface area contributed by atoms with E-state index >= 15 is 0 Å². The molecule has 3 nitrogen and oxygen atoms in total. The zero-order valence-corrected chi connectivity index (χ0v) is 12.0. The molecule has 1 heterocycles. The van der Waals surface area contributed by atoms with Crippen LogP contribution in [0.5, 0.6) is 5.75 Å². The summed E-state index contributed by atoms with van der Waals surface area (Å²) in [5.41, 5.74) is 7.85. The van der Waals surface area contributed by atoms with Gasteiger partial charge < -0.3 is 10.5 Å². The molecule has 0 amide bonds. The number of ether oxygens (including phenoxy) is 1. The Kier molecular flexibility index (Phi) is 3.88. The number of fused-ring (bicyclic) bond motifs is 1. The Morgan fingerprint density at radius 1 is 1.25 bits per heavy atom. The Labute approximate surface area is 120 Å². The van der Waals surface area contributed by atoms with E-state index in [0.29, 0.717) is 11.8 Å². The van der Waals surface area contributed by atoms with E-state index in [9.17, 15) is 0 Å². The number of pyridine rings is 1. The van der Waals surface area contributed by atoms with Crippen molar-refractivity contribution in [1.82, 2.24) is 4.98 Å². The number of benzene rings is 1. The fourth-order valence-electron chi connectivity index (χ4n) is 3.23. The van der Waals surface area contributed by atoms with E-state index in [0.717, 1.165) is 35.5 Å². The van der Waals surface area contributed by atoms with Crippen LogP contribution in [0.3, 0.4) is 0 Å². The van der Waals surface area contributed by atoms with Crippen molar-refractivity contribution in [3.63, 3.8) is 0 Å². The first-order valence-electron chi connectivity index (χ1n) is 7.47. The summed E-state index contributed by atoms with van der Waals surface area (Å²) in [4.78, 5) is 4.55. The van der Waals surface area contributed by atoms with Crippen LogP contribution in [-0.4, -0.2) is 18.1 Å². The van der Waals surface area contributed by atoms with Gasteiger partial charge in [-0.1, -0.05) is 18.6 Å². The minimum Gasteiger partial charge on any atom is -0.493 e. The van der Waals surface area contributed by atoms with E-state index in [1.807, 2.05) is 31.2 Å². The minimum atomic E-state index is 0.604. The second kappa shape index (κ2) is 5.80. The van der Waals surface area contributed by atoms with Crippen LogP contribution in [0.15, 0.2) is 30.3 Å². The van der Waals surface area contributed by atoms with Gasteiger partial charge in [0.15, 0.2) is 0 Å². The van der Waals surface area contributed by atoms with Crippen LogP contribution in [0.25, 0.3) is 10.9 Å². The number of hydrogen-bond donors (Lipinski definition) is 1. The topological polar surface area (TPSA) is 48.1 Å². The summed E-state index contributed by atoms with van der Waals surface area (Å²) in [7, 11) is 0. The van der Waals surface area contributed by atoms with Gasteiger partial charge in [0.1, 0.15) is 5.75 Å². The summed E-state index contributed by atoms with van der Waals surface area (Å²) in [5.74, 6) is 2.19. The average molecular weight is 270 g/mol. The number of nitrogens with two attached hydrogens (primary N) is 1. The zero-order valence-electron chi connectivity index (χ0n) is 12.0. The standard InChI is InChI=1S/C17H22N2O/c1-12-9-17(15-7-2-3-8-16(15)19-12)20-11-14-6-4-5-13(14)10-18/h2-3,7-9,13-14H,4-6,10-11,18H2,1H3. The van der Waals surface area contributed by atoms with E-state index in [2.05, 4.69) is 11.1 Å². The van der Waals surface area contributed by atoms with Gasteiger partial charge >= 0.3 is 0 Å². The van der Waals surface area contributed by atoms with Gasteiger partial charge in [-0.05, 0) is 50.3 Å². The van der Waals surface area contributed by atoms with E-state index in [4.69, 9.17) is 10.5 Å². The number of aromatic nitrogens is 1. The summed E-state index contributed by atoms with van der Waals surface area (Å²) < 4.78 is 6.12. The van der Waals surface area contributed by atoms with Gasteiger partial charge in [-0.25, -0.2) is 0 Å². The second-order valence-corrected chi connectivity index (χ2v) is 5.78. The molecule has 0 bridgehead atoms. The monoisotopic (exact) mass is 270 g/mol. The smallest absolute Gasteiger partial charge is 0.130 e. The molecule has 106 valence electrons. The predicted octanol–water partition coefficient (Wildman–Crippen LogP) is 3.30. The average Bonchev–Trinajstić information content (AvgIpc) is 2.92. The molecule has 1 aromatic carbocycles. The molecular formula is C17H22N2O. The molecule has 0 aliphatic heterocycles. The number of hydrogen-bond acceptors (Lipinski definition) is 3. The highest BCUT2D eigenvalue weighted by Gasteiger charge is 2.26. The first-order chi connectivity index (χ1) is 9.78. The van der Waals surface area contributed by atoms with E-state index < -0.39 is 0 Å². The van der Waals surface area contributed by atoms with Crippen molar-refractivity contribution >= 4 is 10.9 Å². The first-order valence-corrected chi connectivity index (χ1v) is 7.47. The van der Waals surface area contributed by atoms with Gasteiger partial charge in [0, 0.05) is 17.1 Å². The maximum atomic E-state index is 6.12. The lowest BCUT2D eigenvalue weighted by Crippen LogP contribution is -2.23. The van der Waals surface area contributed by atoms with E-state index in [1.165, 1.54) is 19.3 Å². The van der Waals surface area contributed by atoms with Crippen molar-refractivity contribution in [2.24, 2.45) is 17.6 Å². The molecule has 1 aliphatic carbocycles. The van der Waals surface area contributed by atoms with Crippen LogP contribution in [0.4, 0.5) is 0 Å². The molecule has 0 saturated heterocycles. The van der Waals surface area contributed by atoms with Gasteiger partial charge in [0.05, 0.1) is 12.1 Å². The van der Waals surface area contributed by atoms with Crippen molar-refractivity contribution in [3.8, 4) is 5.75 Å². The molecule has 2 unspecified atom stereocenters. The van der Waals surface area contributed by atoms with Gasteiger partial charge in [0.25, 0.3) is 0 Å². The molecule has 2 aromatic rings. The van der Waals surface area contributed by atoms with Crippen molar-refractivity contribution in [2.75, 3.05) is 13.2 Å². The SMILES string of the molecule is Cc1cc(OCC2CCCC2CN)c2ccccc2n1. The zero-order chi connectivity index (χ0) is 13.9. The van der Waals surface area contributed by atoms with Crippen LogP contribution >= 0.6 is 0 Å². The van der Waals surface area contributed by atoms with Crippen LogP contribution in [0.2, 0.25) is 0 Å². The molecular weight excluding hydrogens is 248 g/mol. The Morgan fingerprint density at radius 2 is 2.05 bits per heavy atom. The predicted molar refractivity (Wildman–Crippen MR) is 81.9 cm³/mol. The van der Waals surface area contributed by atoms with Gasteiger partial charge in [-0.2, -0.15) is 0 Å². The Morgan fingerprint density at radius 3 is 2.90 bits per heavy atom. The van der Waals surface area contributed by atoms with E-state index in [1.54, 1.807) is 0 Å². The van der Waals surface area contributed by atoms with Crippen molar-refractivity contribution in [2.45, 2.75) is 26.2 Å². The lowest BCUT2D eigenvalue weighted by Gasteiger charge is -2.19. The minimum absolute atomic E-state index is 0.604.